The Morgan fingerprint density at radius 2 is 2.25 bits per heavy atom. The molecule has 0 radical (unpaired) electrons. The van der Waals surface area contributed by atoms with E-state index in [1.807, 2.05) is 0 Å². The Labute approximate surface area is 71.9 Å². The van der Waals surface area contributed by atoms with Crippen molar-refractivity contribution in [1.29, 1.82) is 0 Å². The summed E-state index contributed by atoms with van der Waals surface area (Å²) in [5.74, 6) is 1.52. The highest BCUT2D eigenvalue weighted by molar-refractivity contribution is 5.34. The monoisotopic (exact) mass is 166 g/mol. The van der Waals surface area contributed by atoms with Crippen molar-refractivity contribution >= 4 is 0 Å². The van der Waals surface area contributed by atoms with E-state index in [9.17, 15) is 5.11 Å². The highest BCUT2D eigenvalue weighted by Crippen LogP contribution is 2.70. The molecule has 3 aliphatic carbocycles. The molecule has 0 heterocycles. The normalized spacial score (nSPS) is 60.2. The van der Waals surface area contributed by atoms with Crippen LogP contribution in [0, 0.1) is 23.2 Å². The Hall–Kier alpha value is -0.340. The van der Waals surface area contributed by atoms with Crippen LogP contribution < -0.4 is 0 Å². The minimum atomic E-state index is -0.125. The van der Waals surface area contributed by atoms with Crippen molar-refractivity contribution in [3.05, 3.63) is 12.2 Å². The predicted octanol–water partition coefficient (Wildman–Crippen LogP) is 0.552. The fourth-order valence-electron chi connectivity index (χ4n) is 3.69. The fourth-order valence-corrected chi connectivity index (χ4v) is 3.69. The second-order valence-electron chi connectivity index (χ2n) is 4.43. The second-order valence-corrected chi connectivity index (χ2v) is 4.43. The first-order valence-corrected chi connectivity index (χ1v) is 4.79. The lowest BCUT2D eigenvalue weighted by atomic mass is 9.42. The zero-order valence-corrected chi connectivity index (χ0v) is 6.98. The van der Waals surface area contributed by atoms with Crippen molar-refractivity contribution in [3.8, 4) is 0 Å². The summed E-state index contributed by atoms with van der Waals surface area (Å²) in [7, 11) is 0. The minimum absolute atomic E-state index is 0.118. The molecule has 3 rings (SSSR count). The molecule has 2 saturated carbocycles. The van der Waals surface area contributed by atoms with Gasteiger partial charge in [-0.25, -0.2) is 0 Å². The molecule has 2 nitrogen and oxygen atoms in total. The van der Waals surface area contributed by atoms with E-state index in [1.54, 1.807) is 0 Å². The van der Waals surface area contributed by atoms with Crippen LogP contribution in [0.25, 0.3) is 0 Å². The summed E-state index contributed by atoms with van der Waals surface area (Å²) in [5, 5.41) is 18.9. The third-order valence-electron chi connectivity index (χ3n) is 4.33. The summed E-state index contributed by atoms with van der Waals surface area (Å²) in [6.07, 6.45) is 6.24. The molecule has 0 aromatic rings. The first-order chi connectivity index (χ1) is 5.80. The van der Waals surface area contributed by atoms with Crippen LogP contribution in [0.3, 0.4) is 0 Å². The van der Waals surface area contributed by atoms with Crippen LogP contribution in [0.1, 0.15) is 12.8 Å². The van der Waals surface area contributed by atoms with Gasteiger partial charge in [0, 0.05) is 12.0 Å². The number of allylic oxidation sites excluding steroid dienone is 1. The molecule has 5 atom stereocenters. The molecule has 1 spiro atoms. The molecule has 0 amide bonds. The van der Waals surface area contributed by atoms with Gasteiger partial charge in [-0.2, -0.15) is 0 Å². The highest BCUT2D eigenvalue weighted by Gasteiger charge is 2.68. The van der Waals surface area contributed by atoms with E-state index in [4.69, 9.17) is 5.11 Å². The maximum Gasteiger partial charge on any atom is 0.0639 e. The van der Waals surface area contributed by atoms with Crippen LogP contribution in [-0.2, 0) is 0 Å². The van der Waals surface area contributed by atoms with E-state index >= 15 is 0 Å². The Bertz CT molecular complexity index is 248. The largest absolute Gasteiger partial charge is 0.396 e. The van der Waals surface area contributed by atoms with E-state index in [0.29, 0.717) is 24.4 Å². The molecule has 2 N–H and O–H groups in total. The molecule has 66 valence electrons. The second kappa shape index (κ2) is 1.94. The van der Waals surface area contributed by atoms with E-state index in [2.05, 4.69) is 12.2 Å². The van der Waals surface area contributed by atoms with Gasteiger partial charge in [0.25, 0.3) is 0 Å². The molecule has 0 aliphatic heterocycles. The minimum Gasteiger partial charge on any atom is -0.396 e. The van der Waals surface area contributed by atoms with Crippen LogP contribution in [0.2, 0.25) is 0 Å². The Balaban J connectivity index is 1.95. The topological polar surface area (TPSA) is 40.5 Å². The number of hydrogen-bond acceptors (Lipinski definition) is 2. The summed E-state index contributed by atoms with van der Waals surface area (Å²) in [4.78, 5) is 0. The van der Waals surface area contributed by atoms with E-state index < -0.39 is 0 Å². The van der Waals surface area contributed by atoms with E-state index in [0.717, 1.165) is 12.8 Å². The molecular formula is C10H14O2. The van der Waals surface area contributed by atoms with Gasteiger partial charge in [0.2, 0.25) is 0 Å². The molecular weight excluding hydrogens is 152 g/mol. The van der Waals surface area contributed by atoms with Crippen LogP contribution in [0.15, 0.2) is 12.2 Å². The SMILES string of the molecule is OC[C@H]1[C@H]2C=C[C@]23[C@H](O)CC[C@H]13. The Kier molecular flexibility index (Phi) is 1.15. The average Bonchev–Trinajstić information content (AvgIpc) is 2.36. The van der Waals surface area contributed by atoms with Crippen molar-refractivity contribution in [2.45, 2.75) is 18.9 Å². The van der Waals surface area contributed by atoms with E-state index in [-0.39, 0.29) is 11.5 Å². The van der Waals surface area contributed by atoms with Crippen LogP contribution in [0.5, 0.6) is 0 Å². The van der Waals surface area contributed by atoms with Gasteiger partial charge in [-0.05, 0) is 30.6 Å². The smallest absolute Gasteiger partial charge is 0.0639 e. The fraction of sp³-hybridized carbons (Fsp3) is 0.800. The van der Waals surface area contributed by atoms with Gasteiger partial charge in [-0.15, -0.1) is 0 Å². The summed E-state index contributed by atoms with van der Waals surface area (Å²) in [6, 6.07) is 0. The molecule has 0 aromatic carbocycles. The van der Waals surface area contributed by atoms with Crippen molar-refractivity contribution in [1.82, 2.24) is 0 Å². The number of hydrogen-bond donors (Lipinski definition) is 2. The van der Waals surface area contributed by atoms with Gasteiger partial charge >= 0.3 is 0 Å². The van der Waals surface area contributed by atoms with Gasteiger partial charge in [0.15, 0.2) is 0 Å². The molecule has 0 aromatic heterocycles. The van der Waals surface area contributed by atoms with Crippen molar-refractivity contribution < 1.29 is 10.2 Å². The molecule has 0 saturated heterocycles. The lowest BCUT2D eigenvalue weighted by Crippen LogP contribution is -2.62. The van der Waals surface area contributed by atoms with Gasteiger partial charge in [-0.3, -0.25) is 0 Å². The lowest BCUT2D eigenvalue weighted by Gasteiger charge is -2.62. The van der Waals surface area contributed by atoms with E-state index in [1.165, 1.54) is 0 Å². The summed E-state index contributed by atoms with van der Waals surface area (Å²) in [6.45, 7) is 0.300. The molecule has 3 aliphatic rings. The Morgan fingerprint density at radius 3 is 2.83 bits per heavy atom. The highest BCUT2D eigenvalue weighted by atomic mass is 16.3. The standard InChI is InChI=1S/C10H14O2/c11-5-6-7-1-2-9(12)10(7)4-3-8(6)10/h3-4,6-9,11-12H,1-2,5H2/t6-,7-,8-,9-,10-/m1/s1. The van der Waals surface area contributed by atoms with Gasteiger partial charge in [0.05, 0.1) is 6.10 Å². The van der Waals surface area contributed by atoms with Crippen molar-refractivity contribution in [3.63, 3.8) is 0 Å². The first-order valence-electron chi connectivity index (χ1n) is 4.79. The van der Waals surface area contributed by atoms with Crippen LogP contribution in [0.4, 0.5) is 0 Å². The maximum atomic E-state index is 9.78. The maximum absolute atomic E-state index is 9.78. The molecule has 0 bridgehead atoms. The van der Waals surface area contributed by atoms with Gasteiger partial charge < -0.3 is 10.2 Å². The van der Waals surface area contributed by atoms with Gasteiger partial charge in [0.1, 0.15) is 0 Å². The lowest BCUT2D eigenvalue weighted by molar-refractivity contribution is -0.131. The molecule has 12 heavy (non-hydrogen) atoms. The quantitative estimate of drug-likeness (QED) is 0.558. The summed E-state index contributed by atoms with van der Waals surface area (Å²) in [5.41, 5.74) is 0.118. The number of rotatable bonds is 1. The first kappa shape index (κ1) is 7.10. The zero-order chi connectivity index (χ0) is 8.34. The van der Waals surface area contributed by atoms with Crippen LogP contribution in [-0.4, -0.2) is 22.9 Å². The third kappa shape index (κ3) is 0.485. The van der Waals surface area contributed by atoms with Crippen molar-refractivity contribution in [2.24, 2.45) is 23.2 Å². The van der Waals surface area contributed by atoms with Crippen molar-refractivity contribution in [2.75, 3.05) is 6.61 Å². The predicted molar refractivity (Wildman–Crippen MR) is 44.4 cm³/mol. The summed E-state index contributed by atoms with van der Waals surface area (Å²) >= 11 is 0. The average molecular weight is 166 g/mol. The molecule has 0 unspecified atom stereocenters. The molecule has 2 fully saturated rings. The molecule has 2 heteroatoms. The summed E-state index contributed by atoms with van der Waals surface area (Å²) < 4.78 is 0. The third-order valence-corrected chi connectivity index (χ3v) is 4.33. The Morgan fingerprint density at radius 1 is 1.42 bits per heavy atom. The number of aliphatic hydroxyl groups is 2. The number of aliphatic hydroxyl groups excluding tert-OH is 2. The van der Waals surface area contributed by atoms with Crippen LogP contribution >= 0.6 is 0 Å². The van der Waals surface area contributed by atoms with Gasteiger partial charge in [-0.1, -0.05) is 12.2 Å². The zero-order valence-electron chi connectivity index (χ0n) is 6.98.